The lowest BCUT2D eigenvalue weighted by atomic mass is 10.2. The Balaban J connectivity index is 2.07. The second-order valence-corrected chi connectivity index (χ2v) is 3.09. The van der Waals surface area contributed by atoms with Crippen molar-refractivity contribution >= 4 is 11.4 Å². The van der Waals surface area contributed by atoms with Gasteiger partial charge in [0.1, 0.15) is 0 Å². The molecule has 1 aromatic rings. The summed E-state index contributed by atoms with van der Waals surface area (Å²) in [5.74, 6) is 0. The summed E-state index contributed by atoms with van der Waals surface area (Å²) in [6.07, 6.45) is 8.13. The summed E-state index contributed by atoms with van der Waals surface area (Å²) >= 11 is 0. The maximum Gasteiger partial charge on any atom is 0.0678 e. The molecule has 1 saturated carbocycles. The van der Waals surface area contributed by atoms with Crippen molar-refractivity contribution < 1.29 is 0 Å². The Bertz CT molecular complexity index is 290. The third-order valence-corrected chi connectivity index (χ3v) is 2.14. The Morgan fingerprint density at radius 3 is 2.21 bits per heavy atom. The van der Waals surface area contributed by atoms with Crippen molar-refractivity contribution in [2.45, 2.75) is 0 Å². The van der Waals surface area contributed by atoms with Gasteiger partial charge in [0.05, 0.1) is 17.4 Å². The van der Waals surface area contributed by atoms with E-state index in [0.29, 0.717) is 0 Å². The summed E-state index contributed by atoms with van der Waals surface area (Å²) in [6.45, 7) is 0. The summed E-state index contributed by atoms with van der Waals surface area (Å²) in [4.78, 5) is 0. The minimum atomic E-state index is 1.10. The molecule has 2 rings (SSSR count). The van der Waals surface area contributed by atoms with Gasteiger partial charge in [-0.1, -0.05) is 12.1 Å². The molecular weight excluding hydrogens is 172 g/mol. The van der Waals surface area contributed by atoms with E-state index in [1.807, 2.05) is 50.9 Å². The van der Waals surface area contributed by atoms with E-state index in [2.05, 4.69) is 16.7 Å². The highest BCUT2D eigenvalue weighted by molar-refractivity contribution is 5.71. The van der Waals surface area contributed by atoms with Crippen LogP contribution in [-0.4, -0.2) is 7.05 Å². The van der Waals surface area contributed by atoms with Crippen molar-refractivity contribution in [3.8, 4) is 0 Å². The molecule has 2 heteroatoms. The minimum Gasteiger partial charge on any atom is -0.386 e. The third-order valence-electron chi connectivity index (χ3n) is 2.14. The normalized spacial score (nSPS) is 16.9. The van der Waals surface area contributed by atoms with E-state index < -0.39 is 0 Å². The molecule has 0 unspecified atom stereocenters. The van der Waals surface area contributed by atoms with Crippen molar-refractivity contribution in [1.82, 2.24) is 0 Å². The summed E-state index contributed by atoms with van der Waals surface area (Å²) in [5, 5.41) is 6.49. The van der Waals surface area contributed by atoms with Gasteiger partial charge < -0.3 is 10.6 Å². The molecule has 5 radical (unpaired) electrons. The monoisotopic (exact) mass is 185 g/mol. The lowest BCUT2D eigenvalue weighted by Crippen LogP contribution is -2.08. The average molecular weight is 185 g/mol. The molecule has 0 aliphatic heterocycles. The van der Waals surface area contributed by atoms with E-state index in [9.17, 15) is 0 Å². The number of para-hydroxylation sites is 2. The molecule has 0 atom stereocenters. The Labute approximate surface area is 85.7 Å². The number of nitrogens with one attached hydrogen (secondary N) is 2. The number of anilines is 2. The van der Waals surface area contributed by atoms with E-state index in [0.717, 1.165) is 17.4 Å². The first-order chi connectivity index (χ1) is 6.90. The van der Waals surface area contributed by atoms with Gasteiger partial charge in [-0.3, -0.25) is 0 Å². The highest BCUT2D eigenvalue weighted by Crippen LogP contribution is 2.28. The number of hydrogen-bond acceptors (Lipinski definition) is 2. The Kier molecular flexibility index (Phi) is 2.92. The molecule has 0 saturated heterocycles. The van der Waals surface area contributed by atoms with Gasteiger partial charge in [-0.2, -0.15) is 0 Å². The van der Waals surface area contributed by atoms with Gasteiger partial charge in [0, 0.05) is 7.05 Å². The first-order valence-electron chi connectivity index (χ1n) is 4.65. The lowest BCUT2D eigenvalue weighted by molar-refractivity contribution is 1.24. The van der Waals surface area contributed by atoms with Crippen LogP contribution in [0.15, 0.2) is 24.3 Å². The van der Waals surface area contributed by atoms with E-state index in [-0.39, 0.29) is 0 Å². The molecule has 2 N–H and O–H groups in total. The quantitative estimate of drug-likeness (QED) is 0.756. The van der Waals surface area contributed by atoms with Crippen molar-refractivity contribution in [3.63, 3.8) is 0 Å². The SMILES string of the molecule is CNc1ccccc1N[C]1[CH][CH][CH][CH]1. The zero-order valence-electron chi connectivity index (χ0n) is 8.12. The molecular formula is C12H13N2. The summed E-state index contributed by atoms with van der Waals surface area (Å²) in [6, 6.07) is 9.26. The zero-order valence-corrected chi connectivity index (χ0v) is 8.12. The molecule has 1 aliphatic rings. The zero-order chi connectivity index (χ0) is 9.80. The van der Waals surface area contributed by atoms with Gasteiger partial charge in [-0.05, 0) is 37.8 Å². The molecule has 71 valence electrons. The van der Waals surface area contributed by atoms with Crippen LogP contribution in [0.1, 0.15) is 0 Å². The van der Waals surface area contributed by atoms with Crippen molar-refractivity contribution in [1.29, 1.82) is 0 Å². The molecule has 0 aromatic heterocycles. The topological polar surface area (TPSA) is 24.1 Å². The van der Waals surface area contributed by atoms with Crippen LogP contribution in [0.25, 0.3) is 0 Å². The molecule has 0 amide bonds. The predicted octanol–water partition coefficient (Wildman–Crippen LogP) is 2.50. The first kappa shape index (κ1) is 9.38. The van der Waals surface area contributed by atoms with Gasteiger partial charge in [0.2, 0.25) is 0 Å². The van der Waals surface area contributed by atoms with Crippen LogP contribution in [0.4, 0.5) is 11.4 Å². The van der Waals surface area contributed by atoms with E-state index >= 15 is 0 Å². The summed E-state index contributed by atoms with van der Waals surface area (Å²) in [5.41, 5.74) is 2.20. The van der Waals surface area contributed by atoms with Gasteiger partial charge in [0.25, 0.3) is 0 Å². The number of rotatable bonds is 3. The van der Waals surface area contributed by atoms with Gasteiger partial charge in [-0.15, -0.1) is 0 Å². The van der Waals surface area contributed by atoms with Crippen LogP contribution in [-0.2, 0) is 0 Å². The fourth-order valence-electron chi connectivity index (χ4n) is 1.42. The summed E-state index contributed by atoms with van der Waals surface area (Å²) < 4.78 is 0. The Hall–Kier alpha value is -1.18. The standard InChI is InChI=1S/C12H13N2/c1-13-11-8-4-5-9-12(11)14-10-6-2-3-7-10/h2-9,13-14H,1H3. The van der Waals surface area contributed by atoms with Crippen LogP contribution < -0.4 is 10.6 Å². The van der Waals surface area contributed by atoms with E-state index in [4.69, 9.17) is 0 Å². The molecule has 1 aromatic carbocycles. The summed E-state index contributed by atoms with van der Waals surface area (Å²) in [7, 11) is 1.92. The van der Waals surface area contributed by atoms with Crippen LogP contribution >= 0.6 is 0 Å². The van der Waals surface area contributed by atoms with Gasteiger partial charge in [-0.25, -0.2) is 0 Å². The number of benzene rings is 1. The first-order valence-corrected chi connectivity index (χ1v) is 4.65. The highest BCUT2D eigenvalue weighted by atomic mass is 15.0. The lowest BCUT2D eigenvalue weighted by Gasteiger charge is -2.15. The Morgan fingerprint density at radius 1 is 0.929 bits per heavy atom. The van der Waals surface area contributed by atoms with Gasteiger partial charge in [0.15, 0.2) is 0 Å². The largest absolute Gasteiger partial charge is 0.386 e. The third kappa shape index (κ3) is 2.00. The second-order valence-electron chi connectivity index (χ2n) is 3.09. The Morgan fingerprint density at radius 2 is 1.57 bits per heavy atom. The molecule has 0 heterocycles. The molecule has 1 fully saturated rings. The second kappa shape index (κ2) is 4.36. The maximum absolute atomic E-state index is 3.34. The average Bonchev–Trinajstić information content (AvgIpc) is 2.71. The van der Waals surface area contributed by atoms with Crippen LogP contribution in [0.2, 0.25) is 0 Å². The molecule has 14 heavy (non-hydrogen) atoms. The van der Waals surface area contributed by atoms with Crippen molar-refractivity contribution in [2.75, 3.05) is 17.7 Å². The minimum absolute atomic E-state index is 1.10. The van der Waals surface area contributed by atoms with Crippen LogP contribution in [0, 0.1) is 31.7 Å². The van der Waals surface area contributed by atoms with Crippen molar-refractivity contribution in [3.05, 3.63) is 56.0 Å². The van der Waals surface area contributed by atoms with Crippen LogP contribution in [0.5, 0.6) is 0 Å². The smallest absolute Gasteiger partial charge is 0.0678 e. The molecule has 0 spiro atoms. The van der Waals surface area contributed by atoms with Crippen molar-refractivity contribution in [2.24, 2.45) is 0 Å². The predicted molar refractivity (Wildman–Crippen MR) is 60.1 cm³/mol. The van der Waals surface area contributed by atoms with Gasteiger partial charge >= 0.3 is 0 Å². The van der Waals surface area contributed by atoms with E-state index in [1.54, 1.807) is 0 Å². The molecule has 2 nitrogen and oxygen atoms in total. The molecule has 0 bridgehead atoms. The highest BCUT2D eigenvalue weighted by Gasteiger charge is 2.17. The fourth-order valence-corrected chi connectivity index (χ4v) is 1.42. The van der Waals surface area contributed by atoms with E-state index in [1.165, 1.54) is 0 Å². The fraction of sp³-hybridized carbons (Fsp3) is 0.0833. The maximum atomic E-state index is 3.34. The van der Waals surface area contributed by atoms with Crippen LogP contribution in [0.3, 0.4) is 0 Å². The number of hydrogen-bond donors (Lipinski definition) is 2. The molecule has 1 aliphatic carbocycles.